The molecule has 0 aliphatic carbocycles. The third-order valence-electron chi connectivity index (χ3n) is 10.2. The number of para-hydroxylation sites is 3. The number of thiophene rings is 1. The Morgan fingerprint density at radius 1 is 0.471 bits per heavy atom. The van der Waals surface area contributed by atoms with Crippen LogP contribution in [0.15, 0.2) is 174 Å². The molecule has 0 bridgehead atoms. The van der Waals surface area contributed by atoms with Crippen molar-refractivity contribution in [1.29, 1.82) is 0 Å². The molecule has 0 N–H and O–H groups in total. The molecule has 4 heterocycles. The van der Waals surface area contributed by atoms with Crippen molar-refractivity contribution in [1.82, 2.24) is 9.55 Å². The van der Waals surface area contributed by atoms with Gasteiger partial charge in [-0.05, 0) is 53.6 Å². The SMILES string of the molecule is c1ccc(-c2ccc(-c3cc(-n4c5ccccc5c5c6sc7ccccc7c6ccc54)cc(-c4cccc5c4oc4ccccc45)n3)cc2)cc1. The summed E-state index contributed by atoms with van der Waals surface area (Å²) in [5, 5.41) is 7.34. The van der Waals surface area contributed by atoms with Gasteiger partial charge in [-0.2, -0.15) is 0 Å². The second-order valence-electron chi connectivity index (χ2n) is 13.1. The highest BCUT2D eigenvalue weighted by Crippen LogP contribution is 2.44. The van der Waals surface area contributed by atoms with Crippen LogP contribution in [0, 0.1) is 0 Å². The molecule has 0 saturated carbocycles. The second kappa shape index (κ2) is 11.0. The fourth-order valence-corrected chi connectivity index (χ4v) is 9.12. The van der Waals surface area contributed by atoms with Crippen LogP contribution in [0.2, 0.25) is 0 Å². The summed E-state index contributed by atoms with van der Waals surface area (Å²) in [4.78, 5) is 5.37. The van der Waals surface area contributed by atoms with Crippen LogP contribution >= 0.6 is 11.3 Å². The Hall–Kier alpha value is -6.49. The average molecular weight is 669 g/mol. The van der Waals surface area contributed by atoms with Crippen LogP contribution in [0.3, 0.4) is 0 Å². The van der Waals surface area contributed by atoms with Gasteiger partial charge in [-0.3, -0.25) is 0 Å². The van der Waals surface area contributed by atoms with E-state index in [0.29, 0.717) is 0 Å². The van der Waals surface area contributed by atoms with Crippen molar-refractivity contribution < 1.29 is 4.42 Å². The lowest BCUT2D eigenvalue weighted by atomic mass is 10.0. The van der Waals surface area contributed by atoms with E-state index in [9.17, 15) is 0 Å². The molecule has 11 rings (SSSR count). The first-order valence-electron chi connectivity index (χ1n) is 17.2. The van der Waals surface area contributed by atoms with Gasteiger partial charge in [0, 0.05) is 52.8 Å². The van der Waals surface area contributed by atoms with Gasteiger partial charge in [-0.1, -0.05) is 127 Å². The minimum absolute atomic E-state index is 0.850. The smallest absolute Gasteiger partial charge is 0.144 e. The van der Waals surface area contributed by atoms with E-state index in [1.807, 2.05) is 23.5 Å². The van der Waals surface area contributed by atoms with Crippen molar-refractivity contribution in [3.05, 3.63) is 170 Å². The zero-order valence-corrected chi connectivity index (χ0v) is 28.2. The molecule has 51 heavy (non-hydrogen) atoms. The van der Waals surface area contributed by atoms with E-state index in [1.165, 1.54) is 53.1 Å². The largest absolute Gasteiger partial charge is 0.455 e. The second-order valence-corrected chi connectivity index (χ2v) is 14.2. The van der Waals surface area contributed by atoms with Gasteiger partial charge < -0.3 is 8.98 Å². The number of hydrogen-bond acceptors (Lipinski definition) is 3. The highest BCUT2D eigenvalue weighted by molar-refractivity contribution is 7.26. The van der Waals surface area contributed by atoms with Gasteiger partial charge >= 0.3 is 0 Å². The number of aromatic nitrogens is 2. The molecule has 0 unspecified atom stereocenters. The van der Waals surface area contributed by atoms with E-state index in [0.717, 1.165) is 50.1 Å². The molecule has 0 aliphatic rings. The molecule has 0 fully saturated rings. The monoisotopic (exact) mass is 668 g/mol. The van der Waals surface area contributed by atoms with Crippen molar-refractivity contribution >= 4 is 75.3 Å². The third kappa shape index (κ3) is 4.33. The van der Waals surface area contributed by atoms with Gasteiger partial charge in [0.25, 0.3) is 0 Å². The van der Waals surface area contributed by atoms with Crippen LogP contribution in [-0.2, 0) is 0 Å². The first-order chi connectivity index (χ1) is 25.3. The molecule has 0 amide bonds. The van der Waals surface area contributed by atoms with Gasteiger partial charge in [-0.25, -0.2) is 4.98 Å². The molecule has 7 aromatic carbocycles. The van der Waals surface area contributed by atoms with Crippen LogP contribution in [0.25, 0.3) is 103 Å². The fourth-order valence-electron chi connectivity index (χ4n) is 7.86. The molecular formula is C47H28N2OS. The zero-order chi connectivity index (χ0) is 33.5. The Kier molecular flexibility index (Phi) is 6.12. The molecular weight excluding hydrogens is 641 g/mol. The van der Waals surface area contributed by atoms with Crippen LogP contribution in [0.4, 0.5) is 0 Å². The Bertz CT molecular complexity index is 3130. The van der Waals surface area contributed by atoms with E-state index in [-0.39, 0.29) is 0 Å². The minimum Gasteiger partial charge on any atom is -0.455 e. The number of hydrogen-bond donors (Lipinski definition) is 0. The standard InChI is InChI=1S/C47H28N2OS/c1-2-11-29(12-3-1)30-21-23-31(24-22-30)39-27-32(28-40(48-39)37-17-10-16-35-33-13-5-8-19-43(33)50-46(35)37)49-41-18-7-4-15-38(41)45-42(49)26-25-36-34-14-6-9-20-44(34)51-47(36)45/h1-28H. The summed E-state index contributed by atoms with van der Waals surface area (Å²) in [7, 11) is 0. The lowest BCUT2D eigenvalue weighted by Gasteiger charge is -2.14. The normalized spacial score (nSPS) is 11.9. The lowest BCUT2D eigenvalue weighted by Crippen LogP contribution is -1.98. The summed E-state index contributed by atoms with van der Waals surface area (Å²) in [6.07, 6.45) is 0. The predicted octanol–water partition coefficient (Wildman–Crippen LogP) is 13.4. The molecule has 0 saturated heterocycles. The van der Waals surface area contributed by atoms with Crippen LogP contribution in [0.5, 0.6) is 0 Å². The average Bonchev–Trinajstić information content (AvgIpc) is 3.88. The minimum atomic E-state index is 0.850. The molecule has 0 radical (unpaired) electrons. The molecule has 0 spiro atoms. The van der Waals surface area contributed by atoms with Crippen molar-refractivity contribution in [2.24, 2.45) is 0 Å². The first kappa shape index (κ1) is 28.4. The number of nitrogens with zero attached hydrogens (tertiary/aromatic N) is 2. The molecule has 238 valence electrons. The first-order valence-corrected chi connectivity index (χ1v) is 18.0. The maximum atomic E-state index is 6.55. The molecule has 4 aromatic heterocycles. The van der Waals surface area contributed by atoms with Crippen molar-refractivity contribution in [3.8, 4) is 39.3 Å². The zero-order valence-electron chi connectivity index (χ0n) is 27.4. The van der Waals surface area contributed by atoms with Crippen molar-refractivity contribution in [2.45, 2.75) is 0 Å². The van der Waals surface area contributed by atoms with Gasteiger partial charge in [0.2, 0.25) is 0 Å². The Labute approximate surface area is 297 Å². The van der Waals surface area contributed by atoms with Crippen LogP contribution in [-0.4, -0.2) is 9.55 Å². The maximum Gasteiger partial charge on any atom is 0.144 e. The molecule has 3 nitrogen and oxygen atoms in total. The highest BCUT2D eigenvalue weighted by atomic mass is 32.1. The topological polar surface area (TPSA) is 31.0 Å². The summed E-state index contributed by atoms with van der Waals surface area (Å²) >= 11 is 1.88. The maximum absolute atomic E-state index is 6.55. The lowest BCUT2D eigenvalue weighted by molar-refractivity contribution is 0.670. The summed E-state index contributed by atoms with van der Waals surface area (Å²) in [6, 6.07) is 60.5. The Morgan fingerprint density at radius 3 is 2.04 bits per heavy atom. The van der Waals surface area contributed by atoms with Crippen molar-refractivity contribution in [3.63, 3.8) is 0 Å². The van der Waals surface area contributed by atoms with E-state index in [2.05, 4.69) is 162 Å². The summed E-state index contributed by atoms with van der Waals surface area (Å²) in [5.41, 5.74) is 11.3. The van der Waals surface area contributed by atoms with E-state index < -0.39 is 0 Å². The van der Waals surface area contributed by atoms with E-state index in [1.54, 1.807) is 0 Å². The molecule has 0 atom stereocenters. The number of fused-ring (bicyclic) bond motifs is 10. The van der Waals surface area contributed by atoms with Gasteiger partial charge in [0.05, 0.1) is 28.1 Å². The van der Waals surface area contributed by atoms with Gasteiger partial charge in [0.15, 0.2) is 0 Å². The van der Waals surface area contributed by atoms with Gasteiger partial charge in [-0.15, -0.1) is 11.3 Å². The molecule has 0 aliphatic heterocycles. The fraction of sp³-hybridized carbons (Fsp3) is 0. The quantitative estimate of drug-likeness (QED) is 0.187. The van der Waals surface area contributed by atoms with Crippen LogP contribution < -0.4 is 0 Å². The highest BCUT2D eigenvalue weighted by Gasteiger charge is 2.20. The van der Waals surface area contributed by atoms with Crippen LogP contribution in [0.1, 0.15) is 0 Å². The van der Waals surface area contributed by atoms with Gasteiger partial charge in [0.1, 0.15) is 11.2 Å². The van der Waals surface area contributed by atoms with E-state index in [4.69, 9.17) is 9.40 Å². The third-order valence-corrected chi connectivity index (χ3v) is 11.4. The molecule has 4 heteroatoms. The molecule has 11 aromatic rings. The van der Waals surface area contributed by atoms with Crippen molar-refractivity contribution in [2.75, 3.05) is 0 Å². The Morgan fingerprint density at radius 2 is 1.16 bits per heavy atom. The Balaban J connectivity index is 1.20. The number of pyridine rings is 1. The number of rotatable bonds is 4. The summed E-state index contributed by atoms with van der Waals surface area (Å²) in [5.74, 6) is 0. The van der Waals surface area contributed by atoms with E-state index >= 15 is 0 Å². The summed E-state index contributed by atoms with van der Waals surface area (Å²) < 4.78 is 11.6. The predicted molar refractivity (Wildman–Crippen MR) is 215 cm³/mol. The summed E-state index contributed by atoms with van der Waals surface area (Å²) in [6.45, 7) is 0. The number of furan rings is 1. The number of benzene rings is 7.